The number of benzene rings is 2. The van der Waals surface area contributed by atoms with Gasteiger partial charge in [-0.15, -0.1) is 0 Å². The van der Waals surface area contributed by atoms with Crippen molar-refractivity contribution in [1.29, 1.82) is 0 Å². The Morgan fingerprint density at radius 3 is 2.46 bits per heavy atom. The average molecular weight is 530 g/mol. The molecule has 1 aliphatic heterocycles. The Morgan fingerprint density at radius 1 is 1.00 bits per heavy atom. The predicted octanol–water partition coefficient (Wildman–Crippen LogP) is 3.94. The van der Waals surface area contributed by atoms with Gasteiger partial charge in [0.05, 0.1) is 19.8 Å². The zero-order valence-corrected chi connectivity index (χ0v) is 22.9. The van der Waals surface area contributed by atoms with E-state index in [2.05, 4.69) is 33.9 Å². The lowest BCUT2D eigenvalue weighted by Gasteiger charge is -2.35. The molecule has 39 heavy (non-hydrogen) atoms. The molecule has 1 fully saturated rings. The van der Waals surface area contributed by atoms with Crippen molar-refractivity contribution < 1.29 is 19.4 Å². The summed E-state index contributed by atoms with van der Waals surface area (Å²) in [6.45, 7) is 4.77. The van der Waals surface area contributed by atoms with Crippen molar-refractivity contribution in [3.63, 3.8) is 0 Å². The number of methoxy groups -OCH3 is 2. The van der Waals surface area contributed by atoms with Crippen molar-refractivity contribution in [2.75, 3.05) is 67.6 Å². The molecular formula is C30H35N5O4. The van der Waals surface area contributed by atoms with Crippen molar-refractivity contribution >= 4 is 16.9 Å². The largest absolute Gasteiger partial charge is 0.504 e. The molecule has 2 aromatic heterocycles. The van der Waals surface area contributed by atoms with Crippen molar-refractivity contribution in [2.24, 2.45) is 0 Å². The number of aromatic nitrogens is 2. The summed E-state index contributed by atoms with van der Waals surface area (Å²) in [6.07, 6.45) is 3.68. The predicted molar refractivity (Wildman–Crippen MR) is 153 cm³/mol. The van der Waals surface area contributed by atoms with Gasteiger partial charge in [-0.3, -0.25) is 9.69 Å². The molecule has 204 valence electrons. The van der Waals surface area contributed by atoms with E-state index in [4.69, 9.17) is 9.47 Å². The number of ether oxygens (including phenoxy) is 2. The van der Waals surface area contributed by atoms with E-state index >= 15 is 0 Å². The van der Waals surface area contributed by atoms with Crippen LogP contribution in [-0.2, 0) is 0 Å². The minimum atomic E-state index is -0.203. The normalized spacial score (nSPS) is 14.2. The quantitative estimate of drug-likeness (QED) is 0.357. The van der Waals surface area contributed by atoms with E-state index in [0.29, 0.717) is 13.1 Å². The van der Waals surface area contributed by atoms with Crippen LogP contribution in [0, 0.1) is 0 Å². The van der Waals surface area contributed by atoms with E-state index < -0.39 is 0 Å². The van der Waals surface area contributed by atoms with Crippen molar-refractivity contribution in [3.8, 4) is 39.5 Å². The molecule has 9 nitrogen and oxygen atoms in total. The molecular weight excluding hydrogens is 494 g/mol. The number of phenols is 1. The number of hydrogen-bond donors (Lipinski definition) is 2. The maximum absolute atomic E-state index is 13.6. The summed E-state index contributed by atoms with van der Waals surface area (Å²) in [7, 11) is 7.27. The van der Waals surface area contributed by atoms with Gasteiger partial charge in [-0.25, -0.2) is 4.98 Å². The molecule has 3 heterocycles. The minimum absolute atomic E-state index is 0.147. The second kappa shape index (κ2) is 11.3. The average Bonchev–Trinajstić information content (AvgIpc) is 3.39. The highest BCUT2D eigenvalue weighted by Gasteiger charge is 2.26. The van der Waals surface area contributed by atoms with Crippen LogP contribution in [0.1, 0.15) is 10.4 Å². The van der Waals surface area contributed by atoms with Crippen molar-refractivity contribution in [2.45, 2.75) is 0 Å². The van der Waals surface area contributed by atoms with E-state index in [1.54, 1.807) is 30.3 Å². The van der Waals surface area contributed by atoms with Gasteiger partial charge in [-0.1, -0.05) is 18.2 Å². The zero-order valence-electron chi connectivity index (χ0n) is 22.9. The Bertz CT molecular complexity index is 1470. The van der Waals surface area contributed by atoms with E-state index in [9.17, 15) is 9.90 Å². The highest BCUT2D eigenvalue weighted by atomic mass is 16.5. The summed E-state index contributed by atoms with van der Waals surface area (Å²) in [5, 5.41) is 11.8. The number of carbonyl (C=O) groups excluding carboxylic acids is 1. The second-order valence-corrected chi connectivity index (χ2v) is 10.0. The van der Waals surface area contributed by atoms with Crippen LogP contribution in [0.5, 0.6) is 17.2 Å². The molecule has 0 atom stereocenters. The summed E-state index contributed by atoms with van der Waals surface area (Å²) in [4.78, 5) is 27.8. The monoisotopic (exact) mass is 529 g/mol. The molecule has 0 saturated carbocycles. The number of pyridine rings is 1. The topological polar surface area (TPSA) is 94.2 Å². The van der Waals surface area contributed by atoms with Crippen molar-refractivity contribution in [3.05, 3.63) is 60.4 Å². The van der Waals surface area contributed by atoms with Crippen LogP contribution >= 0.6 is 0 Å². The highest BCUT2D eigenvalue weighted by molar-refractivity contribution is 6.00. The molecule has 0 unspecified atom stereocenters. The number of likely N-dealkylation sites (N-methyl/N-ethyl adjacent to an activating group) is 1. The van der Waals surface area contributed by atoms with Gasteiger partial charge >= 0.3 is 0 Å². The van der Waals surface area contributed by atoms with E-state index in [1.807, 2.05) is 36.5 Å². The van der Waals surface area contributed by atoms with Crippen LogP contribution < -0.4 is 9.47 Å². The SMILES string of the molecule is COc1ccccc1-c1c[nH]c2ncc(-c3cc(OC)c(O)c(C(=O)N4CCN(CCN(C)C)CC4)c3)cc12. The number of nitrogens with zero attached hydrogens (tertiary/aromatic N) is 4. The fourth-order valence-corrected chi connectivity index (χ4v) is 5.03. The summed E-state index contributed by atoms with van der Waals surface area (Å²) >= 11 is 0. The summed E-state index contributed by atoms with van der Waals surface area (Å²) in [5.41, 5.74) is 4.43. The lowest BCUT2D eigenvalue weighted by molar-refractivity contribution is 0.0626. The number of nitrogens with one attached hydrogen (secondary N) is 1. The van der Waals surface area contributed by atoms with Gasteiger partial charge in [0.25, 0.3) is 5.91 Å². The molecule has 9 heteroatoms. The molecule has 0 radical (unpaired) electrons. The molecule has 1 saturated heterocycles. The number of hydrogen-bond acceptors (Lipinski definition) is 7. The summed E-state index contributed by atoms with van der Waals surface area (Å²) in [6, 6.07) is 13.3. The number of phenolic OH excluding ortho intramolecular Hbond substituents is 1. The molecule has 0 aliphatic carbocycles. The number of para-hydroxylation sites is 1. The van der Waals surface area contributed by atoms with Gasteiger partial charge in [0, 0.05) is 73.7 Å². The smallest absolute Gasteiger partial charge is 0.257 e. The van der Waals surface area contributed by atoms with Crippen LogP contribution in [-0.4, -0.2) is 103 Å². The van der Waals surface area contributed by atoms with Crippen LogP contribution in [0.15, 0.2) is 54.9 Å². The highest BCUT2D eigenvalue weighted by Crippen LogP contribution is 2.39. The lowest BCUT2D eigenvalue weighted by atomic mass is 9.99. The molecule has 5 rings (SSSR count). The Labute approximate surface area is 228 Å². The van der Waals surface area contributed by atoms with Crippen molar-refractivity contribution in [1.82, 2.24) is 24.7 Å². The minimum Gasteiger partial charge on any atom is -0.504 e. The van der Waals surface area contributed by atoms with Crippen LogP contribution in [0.25, 0.3) is 33.3 Å². The van der Waals surface area contributed by atoms with Crippen LogP contribution in [0.3, 0.4) is 0 Å². The molecule has 4 aromatic rings. The summed E-state index contributed by atoms with van der Waals surface area (Å²) in [5.74, 6) is 0.668. The molecule has 2 N–H and O–H groups in total. The van der Waals surface area contributed by atoms with E-state index in [-0.39, 0.29) is 23.0 Å². The number of aromatic amines is 1. The Hall–Kier alpha value is -4.08. The zero-order chi connectivity index (χ0) is 27.5. The first-order valence-corrected chi connectivity index (χ1v) is 13.1. The first-order chi connectivity index (χ1) is 18.9. The van der Waals surface area contributed by atoms with Gasteiger partial charge in [-0.05, 0) is 43.9 Å². The number of aromatic hydroxyl groups is 1. The van der Waals surface area contributed by atoms with E-state index in [1.165, 1.54) is 7.11 Å². The second-order valence-electron chi connectivity index (χ2n) is 10.0. The number of rotatable bonds is 8. The maximum Gasteiger partial charge on any atom is 0.257 e. The van der Waals surface area contributed by atoms with Gasteiger partial charge in [0.2, 0.25) is 0 Å². The maximum atomic E-state index is 13.6. The fraction of sp³-hybridized carbons (Fsp3) is 0.333. The Balaban J connectivity index is 1.47. The first kappa shape index (κ1) is 26.5. The molecule has 1 aliphatic rings. The van der Waals surface area contributed by atoms with Gasteiger partial charge in [0.1, 0.15) is 11.4 Å². The number of carbonyl (C=O) groups is 1. The van der Waals surface area contributed by atoms with Gasteiger partial charge in [-0.2, -0.15) is 0 Å². The Morgan fingerprint density at radius 2 is 1.74 bits per heavy atom. The first-order valence-electron chi connectivity index (χ1n) is 13.1. The fourth-order valence-electron chi connectivity index (χ4n) is 5.03. The standard InChI is InChI=1S/C30H35N5O4/c1-33(2)9-10-34-11-13-35(14-12-34)30(37)24-15-20(17-27(39-4)28(24)36)21-16-23-25(19-32-29(23)31-18-21)22-7-5-6-8-26(22)38-3/h5-8,15-19,36H,9-14H2,1-4H3,(H,31,32). The Kier molecular flexibility index (Phi) is 7.72. The third-order valence-electron chi connectivity index (χ3n) is 7.31. The molecule has 0 bridgehead atoms. The summed E-state index contributed by atoms with van der Waals surface area (Å²) < 4.78 is 11.1. The van der Waals surface area contributed by atoms with Gasteiger partial charge < -0.3 is 29.4 Å². The number of piperazine rings is 1. The molecule has 2 aromatic carbocycles. The number of fused-ring (bicyclic) bond motifs is 1. The van der Waals surface area contributed by atoms with Crippen LogP contribution in [0.2, 0.25) is 0 Å². The molecule has 0 spiro atoms. The number of amides is 1. The molecule has 1 amide bonds. The van der Waals surface area contributed by atoms with Crippen LogP contribution in [0.4, 0.5) is 0 Å². The third-order valence-corrected chi connectivity index (χ3v) is 7.31. The van der Waals surface area contributed by atoms with Gasteiger partial charge in [0.15, 0.2) is 11.5 Å². The third kappa shape index (κ3) is 5.41. The number of H-pyrrole nitrogens is 1. The van der Waals surface area contributed by atoms with E-state index in [0.717, 1.165) is 65.2 Å². The lowest BCUT2D eigenvalue weighted by Crippen LogP contribution is -2.50.